The largest absolute Gasteiger partial charge is 0.495 e. The van der Waals surface area contributed by atoms with Crippen LogP contribution in [0.2, 0.25) is 0 Å². The molecule has 0 spiro atoms. The zero-order chi connectivity index (χ0) is 16.6. The summed E-state index contributed by atoms with van der Waals surface area (Å²) in [6.07, 6.45) is 2.15. The maximum absolute atomic E-state index is 9.36. The molecule has 1 aromatic carbocycles. The van der Waals surface area contributed by atoms with E-state index in [1.165, 1.54) is 11.1 Å². The van der Waals surface area contributed by atoms with Gasteiger partial charge in [0.05, 0.1) is 12.8 Å². The average molecular weight is 334 g/mol. The second-order valence-corrected chi connectivity index (χ2v) is 6.20. The van der Waals surface area contributed by atoms with Crippen LogP contribution in [0.4, 0.5) is 5.69 Å². The molecule has 1 N–H and O–H groups in total. The minimum atomic E-state index is -0.119. The first-order valence-electron chi connectivity index (χ1n) is 7.71. The Morgan fingerprint density at radius 1 is 1.39 bits per heavy atom. The van der Waals surface area contributed by atoms with Gasteiger partial charge in [-0.05, 0) is 49.2 Å². The topological polar surface area (TPSA) is 55.4 Å². The Morgan fingerprint density at radius 2 is 2.17 bits per heavy atom. The maximum atomic E-state index is 9.36. The SMILES string of the molecule is COc1ccc(C)c2c1N(Cn1nc(CO)n(C)c1=S)CCC2. The van der Waals surface area contributed by atoms with Crippen LogP contribution in [0.25, 0.3) is 0 Å². The van der Waals surface area contributed by atoms with Crippen LogP contribution in [0, 0.1) is 11.7 Å². The number of nitrogens with zero attached hydrogens (tertiary/aromatic N) is 4. The van der Waals surface area contributed by atoms with Gasteiger partial charge in [0.15, 0.2) is 10.6 Å². The number of rotatable bonds is 4. The number of aliphatic hydroxyl groups excluding tert-OH is 1. The molecule has 0 bridgehead atoms. The number of aryl methyl sites for hydroxylation is 1. The molecule has 3 rings (SSSR count). The summed E-state index contributed by atoms with van der Waals surface area (Å²) in [7, 11) is 3.53. The molecular weight excluding hydrogens is 312 g/mol. The lowest BCUT2D eigenvalue weighted by atomic mass is 9.96. The first-order chi connectivity index (χ1) is 11.1. The number of ether oxygens (including phenoxy) is 1. The van der Waals surface area contributed by atoms with Gasteiger partial charge in [-0.1, -0.05) is 6.07 Å². The highest BCUT2D eigenvalue weighted by molar-refractivity contribution is 7.71. The molecule has 0 radical (unpaired) electrons. The molecule has 124 valence electrons. The van der Waals surface area contributed by atoms with Crippen molar-refractivity contribution in [3.05, 3.63) is 33.9 Å². The lowest BCUT2D eigenvalue weighted by Gasteiger charge is -2.33. The van der Waals surface area contributed by atoms with E-state index >= 15 is 0 Å². The third-order valence-electron chi connectivity index (χ3n) is 4.45. The highest BCUT2D eigenvalue weighted by atomic mass is 32.1. The van der Waals surface area contributed by atoms with E-state index in [2.05, 4.69) is 23.0 Å². The normalized spacial score (nSPS) is 14.0. The van der Waals surface area contributed by atoms with E-state index in [9.17, 15) is 5.11 Å². The molecule has 6 nitrogen and oxygen atoms in total. The van der Waals surface area contributed by atoms with Crippen molar-refractivity contribution in [3.8, 4) is 5.75 Å². The van der Waals surface area contributed by atoms with Gasteiger partial charge >= 0.3 is 0 Å². The smallest absolute Gasteiger partial charge is 0.199 e. The molecule has 0 fully saturated rings. The van der Waals surface area contributed by atoms with E-state index in [4.69, 9.17) is 17.0 Å². The highest BCUT2D eigenvalue weighted by Crippen LogP contribution is 2.38. The number of methoxy groups -OCH3 is 1. The molecule has 0 saturated carbocycles. The number of hydrogen-bond acceptors (Lipinski definition) is 5. The molecule has 2 aromatic rings. The zero-order valence-corrected chi connectivity index (χ0v) is 14.6. The second-order valence-electron chi connectivity index (χ2n) is 5.84. The summed E-state index contributed by atoms with van der Waals surface area (Å²) in [5, 5.41) is 13.8. The maximum Gasteiger partial charge on any atom is 0.199 e. The number of hydrogen-bond donors (Lipinski definition) is 1. The minimum absolute atomic E-state index is 0.119. The van der Waals surface area contributed by atoms with Crippen molar-refractivity contribution < 1.29 is 9.84 Å². The van der Waals surface area contributed by atoms with Crippen LogP contribution >= 0.6 is 12.2 Å². The molecule has 7 heteroatoms. The average Bonchev–Trinajstić information content (AvgIpc) is 2.84. The summed E-state index contributed by atoms with van der Waals surface area (Å²) in [5.41, 5.74) is 3.75. The van der Waals surface area contributed by atoms with Gasteiger partial charge in [0.25, 0.3) is 0 Å². The first-order valence-corrected chi connectivity index (χ1v) is 8.12. The second kappa shape index (κ2) is 6.33. The first kappa shape index (κ1) is 16.0. The molecule has 1 aromatic heterocycles. The summed E-state index contributed by atoms with van der Waals surface area (Å²) in [5.74, 6) is 1.46. The van der Waals surface area contributed by atoms with Crippen molar-refractivity contribution in [2.24, 2.45) is 7.05 Å². The van der Waals surface area contributed by atoms with E-state index in [1.807, 2.05) is 13.1 Å². The van der Waals surface area contributed by atoms with Crippen molar-refractivity contribution in [1.29, 1.82) is 0 Å². The Morgan fingerprint density at radius 3 is 2.83 bits per heavy atom. The summed E-state index contributed by atoms with van der Waals surface area (Å²) in [6, 6.07) is 4.13. The molecular formula is C16H22N4O2S. The molecule has 1 aliphatic heterocycles. The van der Waals surface area contributed by atoms with Gasteiger partial charge in [0.2, 0.25) is 0 Å². The minimum Gasteiger partial charge on any atom is -0.495 e. The predicted octanol–water partition coefficient (Wildman–Crippen LogP) is 2.17. The van der Waals surface area contributed by atoms with Gasteiger partial charge < -0.3 is 19.3 Å². The van der Waals surface area contributed by atoms with Crippen molar-refractivity contribution in [2.75, 3.05) is 18.6 Å². The molecule has 0 saturated heterocycles. The number of benzene rings is 1. The van der Waals surface area contributed by atoms with Gasteiger partial charge in [-0.15, -0.1) is 0 Å². The predicted molar refractivity (Wildman–Crippen MR) is 91.4 cm³/mol. The van der Waals surface area contributed by atoms with Crippen molar-refractivity contribution in [1.82, 2.24) is 14.3 Å². The van der Waals surface area contributed by atoms with E-state index in [-0.39, 0.29) is 6.61 Å². The third kappa shape index (κ3) is 2.74. The Bertz CT molecular complexity index is 781. The Kier molecular flexibility index (Phi) is 4.41. The van der Waals surface area contributed by atoms with Crippen LogP contribution in [0.1, 0.15) is 23.4 Å². The summed E-state index contributed by atoms with van der Waals surface area (Å²) < 4.78 is 9.68. The number of aliphatic hydroxyl groups is 1. The fourth-order valence-electron chi connectivity index (χ4n) is 3.17. The van der Waals surface area contributed by atoms with Crippen LogP contribution in [-0.4, -0.2) is 33.1 Å². The number of anilines is 1. The van der Waals surface area contributed by atoms with E-state index in [0.717, 1.165) is 30.8 Å². The standard InChI is InChI=1S/C16H22N4O2S/c1-11-6-7-13(22-3)15-12(11)5-4-8-19(15)10-20-16(23)18(2)14(9-21)17-20/h6-7,21H,4-5,8-10H2,1-3H3. The molecule has 0 unspecified atom stereocenters. The fraction of sp³-hybridized carbons (Fsp3) is 0.500. The molecule has 0 aliphatic carbocycles. The summed E-state index contributed by atoms with van der Waals surface area (Å²) in [4.78, 5) is 2.26. The Balaban J connectivity index is 2.01. The molecule has 1 aliphatic rings. The number of aromatic nitrogens is 3. The highest BCUT2D eigenvalue weighted by Gasteiger charge is 2.23. The number of fused-ring (bicyclic) bond motifs is 1. The van der Waals surface area contributed by atoms with E-state index < -0.39 is 0 Å². The Labute approximate surface area is 140 Å². The zero-order valence-electron chi connectivity index (χ0n) is 13.7. The monoisotopic (exact) mass is 334 g/mol. The van der Waals surface area contributed by atoms with Crippen LogP contribution in [0.3, 0.4) is 0 Å². The summed E-state index contributed by atoms with van der Waals surface area (Å²) >= 11 is 5.43. The molecule has 0 amide bonds. The van der Waals surface area contributed by atoms with E-state index in [1.54, 1.807) is 16.4 Å². The van der Waals surface area contributed by atoms with Crippen molar-refractivity contribution in [2.45, 2.75) is 33.0 Å². The van der Waals surface area contributed by atoms with Gasteiger partial charge in [0, 0.05) is 13.6 Å². The van der Waals surface area contributed by atoms with Crippen LogP contribution in [0.5, 0.6) is 5.75 Å². The van der Waals surface area contributed by atoms with Crippen LogP contribution in [-0.2, 0) is 26.7 Å². The van der Waals surface area contributed by atoms with Crippen LogP contribution < -0.4 is 9.64 Å². The van der Waals surface area contributed by atoms with E-state index in [0.29, 0.717) is 17.3 Å². The van der Waals surface area contributed by atoms with Gasteiger partial charge in [0.1, 0.15) is 19.0 Å². The van der Waals surface area contributed by atoms with Crippen LogP contribution in [0.15, 0.2) is 12.1 Å². The summed E-state index contributed by atoms with van der Waals surface area (Å²) in [6.45, 7) is 3.50. The molecule has 0 atom stereocenters. The van der Waals surface area contributed by atoms with Crippen molar-refractivity contribution in [3.63, 3.8) is 0 Å². The quantitative estimate of drug-likeness (QED) is 0.869. The van der Waals surface area contributed by atoms with Gasteiger partial charge in [-0.3, -0.25) is 0 Å². The Hall–Kier alpha value is -1.86. The fourth-order valence-corrected chi connectivity index (χ4v) is 3.37. The lowest BCUT2D eigenvalue weighted by Crippen LogP contribution is -2.32. The third-order valence-corrected chi connectivity index (χ3v) is 4.93. The molecule has 2 heterocycles. The lowest BCUT2D eigenvalue weighted by molar-refractivity contribution is 0.265. The van der Waals surface area contributed by atoms with Gasteiger partial charge in [-0.2, -0.15) is 5.10 Å². The van der Waals surface area contributed by atoms with Crippen molar-refractivity contribution >= 4 is 17.9 Å². The molecule has 23 heavy (non-hydrogen) atoms. The van der Waals surface area contributed by atoms with Gasteiger partial charge in [-0.25, -0.2) is 4.68 Å².